The highest BCUT2D eigenvalue weighted by molar-refractivity contribution is 6.30. The molecule has 4 atom stereocenters. The molecule has 198 valence electrons. The SMILES string of the molecule is [2H]C([2H])([2H])O[C@@H]1CC(C(=O)N[C@H](c2c(F)ccc(Cl)c2F)C23CCC(F)(CC2)C3)C[C@@H]1NC(=O)c1cncnc1. The van der Waals surface area contributed by atoms with Crippen LogP contribution in [0.15, 0.2) is 30.9 Å². The van der Waals surface area contributed by atoms with Crippen molar-refractivity contribution in [3.05, 3.63) is 58.6 Å². The van der Waals surface area contributed by atoms with Crippen molar-refractivity contribution in [2.24, 2.45) is 11.3 Å². The van der Waals surface area contributed by atoms with Crippen LogP contribution in [0.5, 0.6) is 0 Å². The van der Waals surface area contributed by atoms with E-state index in [-0.39, 0.29) is 42.7 Å². The Morgan fingerprint density at radius 1 is 1.19 bits per heavy atom. The molecule has 0 spiro atoms. The number of rotatable bonds is 7. The van der Waals surface area contributed by atoms with Gasteiger partial charge in [-0.25, -0.2) is 23.1 Å². The molecule has 7 nitrogen and oxygen atoms in total. The monoisotopic (exact) mass is 539 g/mol. The lowest BCUT2D eigenvalue weighted by atomic mass is 9.74. The van der Waals surface area contributed by atoms with E-state index < -0.39 is 71.2 Å². The number of hydrogen-bond donors (Lipinski definition) is 2. The summed E-state index contributed by atoms with van der Waals surface area (Å²) in [4.78, 5) is 34.0. The standard InChI is InChI=1S/C26H28ClF3N4O3/c1-37-19-9-14(8-18(19)33-24(36)15-10-31-13-32-11-15)23(35)34-22(20-17(28)3-2-16(27)21(20)29)25-4-6-26(30,12-25)7-5-25/h2-3,10-11,13-14,18-19,22H,4-9,12H2,1H3,(H,33,36)(H,34,35)/t14?,18-,19+,22+,25?,26?/m0/s1/i1D3. The smallest absolute Gasteiger partial charge is 0.254 e. The first-order valence-corrected chi connectivity index (χ1v) is 12.5. The van der Waals surface area contributed by atoms with Crippen molar-refractivity contribution < 1.29 is 31.6 Å². The van der Waals surface area contributed by atoms with Crippen molar-refractivity contribution in [2.75, 3.05) is 7.04 Å². The molecule has 3 aliphatic rings. The average molecular weight is 540 g/mol. The van der Waals surface area contributed by atoms with Crippen molar-refractivity contribution in [1.29, 1.82) is 0 Å². The molecule has 3 fully saturated rings. The van der Waals surface area contributed by atoms with E-state index in [9.17, 15) is 9.59 Å². The van der Waals surface area contributed by atoms with E-state index >= 15 is 13.2 Å². The van der Waals surface area contributed by atoms with Crippen LogP contribution in [-0.4, -0.2) is 46.6 Å². The summed E-state index contributed by atoms with van der Waals surface area (Å²) in [5.41, 5.74) is -2.66. The summed E-state index contributed by atoms with van der Waals surface area (Å²) in [5.74, 6) is -3.99. The fraction of sp³-hybridized carbons (Fsp3) is 0.538. The zero-order valence-electron chi connectivity index (χ0n) is 22.8. The molecule has 3 aliphatic carbocycles. The number of nitrogens with zero attached hydrogens (tertiary/aromatic N) is 2. The van der Waals surface area contributed by atoms with E-state index in [1.807, 2.05) is 0 Å². The van der Waals surface area contributed by atoms with Crippen molar-refractivity contribution in [1.82, 2.24) is 20.6 Å². The molecule has 2 amide bonds. The number of aromatic nitrogens is 2. The topological polar surface area (TPSA) is 93.2 Å². The van der Waals surface area contributed by atoms with Crippen molar-refractivity contribution in [2.45, 2.75) is 68.8 Å². The lowest BCUT2D eigenvalue weighted by Crippen LogP contribution is -2.43. The lowest BCUT2D eigenvalue weighted by Gasteiger charge is -2.37. The van der Waals surface area contributed by atoms with Gasteiger partial charge >= 0.3 is 0 Å². The predicted octanol–water partition coefficient (Wildman–Crippen LogP) is 4.46. The number of benzene rings is 1. The second-order valence-electron chi connectivity index (χ2n) is 10.4. The van der Waals surface area contributed by atoms with Crippen molar-refractivity contribution in [3.8, 4) is 0 Å². The van der Waals surface area contributed by atoms with E-state index in [1.165, 1.54) is 18.7 Å². The third kappa shape index (κ3) is 4.81. The summed E-state index contributed by atoms with van der Waals surface area (Å²) in [6, 6.07) is 0.0264. The zero-order chi connectivity index (χ0) is 28.9. The Hall–Kier alpha value is -2.72. The van der Waals surface area contributed by atoms with Gasteiger partial charge in [0, 0.05) is 30.9 Å². The van der Waals surface area contributed by atoms with E-state index in [0.717, 1.165) is 12.1 Å². The number of ether oxygens (including phenoxy) is 1. The molecule has 0 saturated heterocycles. The minimum absolute atomic E-state index is 0.000705. The van der Waals surface area contributed by atoms with Gasteiger partial charge in [-0.1, -0.05) is 11.6 Å². The zero-order valence-corrected chi connectivity index (χ0v) is 20.5. The van der Waals surface area contributed by atoms with Gasteiger partial charge in [-0.15, -0.1) is 0 Å². The van der Waals surface area contributed by atoms with Crippen LogP contribution in [0.1, 0.15) is 71.0 Å². The van der Waals surface area contributed by atoms with E-state index in [4.69, 9.17) is 20.5 Å². The van der Waals surface area contributed by atoms with Crippen LogP contribution >= 0.6 is 11.6 Å². The highest BCUT2D eigenvalue weighted by Crippen LogP contribution is 2.63. The number of fused-ring (bicyclic) bond motifs is 2. The summed E-state index contributed by atoms with van der Waals surface area (Å²) >= 11 is 5.98. The lowest BCUT2D eigenvalue weighted by molar-refractivity contribution is -0.127. The Kier molecular flexibility index (Phi) is 5.94. The third-order valence-corrected chi connectivity index (χ3v) is 8.54. The number of amides is 2. The number of halogens is 4. The Balaban J connectivity index is 1.40. The third-order valence-electron chi connectivity index (χ3n) is 8.24. The fourth-order valence-electron chi connectivity index (χ4n) is 6.33. The molecule has 2 bridgehead atoms. The van der Waals surface area contributed by atoms with Gasteiger partial charge in [-0.3, -0.25) is 9.59 Å². The molecule has 3 saturated carbocycles. The summed E-state index contributed by atoms with van der Waals surface area (Å²) in [6.45, 7) is 0. The first-order chi connectivity index (χ1) is 18.8. The molecule has 0 radical (unpaired) electrons. The maximum Gasteiger partial charge on any atom is 0.254 e. The molecule has 2 N–H and O–H groups in total. The van der Waals surface area contributed by atoms with Crippen molar-refractivity contribution >= 4 is 23.4 Å². The van der Waals surface area contributed by atoms with E-state index in [0.29, 0.717) is 12.8 Å². The number of carbonyl (C=O) groups is 2. The first-order valence-electron chi connectivity index (χ1n) is 13.7. The maximum absolute atomic E-state index is 15.3. The van der Waals surface area contributed by atoms with Crippen LogP contribution in [0.4, 0.5) is 13.2 Å². The minimum Gasteiger partial charge on any atom is -0.379 e. The number of methoxy groups -OCH3 is 1. The largest absolute Gasteiger partial charge is 0.379 e. The molecule has 0 aliphatic heterocycles. The second-order valence-corrected chi connectivity index (χ2v) is 10.8. The molecule has 37 heavy (non-hydrogen) atoms. The molecule has 5 rings (SSSR count). The van der Waals surface area contributed by atoms with Crippen LogP contribution in [0.3, 0.4) is 0 Å². The fourth-order valence-corrected chi connectivity index (χ4v) is 6.50. The molecule has 1 heterocycles. The van der Waals surface area contributed by atoms with Crippen LogP contribution in [0, 0.1) is 23.0 Å². The highest BCUT2D eigenvalue weighted by Gasteiger charge is 2.59. The van der Waals surface area contributed by atoms with E-state index in [2.05, 4.69) is 20.6 Å². The highest BCUT2D eigenvalue weighted by atomic mass is 35.5. The molecule has 1 aromatic carbocycles. The Labute approximate surface area is 221 Å². The van der Waals surface area contributed by atoms with Gasteiger partial charge < -0.3 is 15.4 Å². The predicted molar refractivity (Wildman–Crippen MR) is 128 cm³/mol. The van der Waals surface area contributed by atoms with Gasteiger partial charge in [-0.05, 0) is 62.5 Å². The quantitative estimate of drug-likeness (QED) is 0.507. The Bertz CT molecular complexity index is 1300. The van der Waals surface area contributed by atoms with Gasteiger partial charge in [0.15, 0.2) is 0 Å². The Morgan fingerprint density at radius 3 is 2.57 bits per heavy atom. The van der Waals surface area contributed by atoms with Gasteiger partial charge in [0.1, 0.15) is 23.6 Å². The van der Waals surface area contributed by atoms with E-state index in [1.54, 1.807) is 0 Å². The second kappa shape index (κ2) is 9.87. The number of carbonyl (C=O) groups excluding carboxylic acids is 2. The summed E-state index contributed by atoms with van der Waals surface area (Å²) in [6.07, 6.45) is 3.83. The average Bonchev–Trinajstić information content (AvgIpc) is 3.56. The van der Waals surface area contributed by atoms with Crippen molar-refractivity contribution in [3.63, 3.8) is 0 Å². The molecule has 11 heteroatoms. The Morgan fingerprint density at radius 2 is 1.92 bits per heavy atom. The van der Waals surface area contributed by atoms with Gasteiger partial charge in [0.2, 0.25) is 5.91 Å². The van der Waals surface area contributed by atoms with Crippen LogP contribution < -0.4 is 10.6 Å². The number of nitrogens with one attached hydrogen (secondary N) is 2. The van der Waals surface area contributed by atoms with Gasteiger partial charge in [0.05, 0.1) is 32.9 Å². The van der Waals surface area contributed by atoms with Crippen LogP contribution in [0.25, 0.3) is 0 Å². The normalized spacial score (nSPS) is 32.9. The summed E-state index contributed by atoms with van der Waals surface area (Å²) < 4.78 is 73.4. The minimum atomic E-state index is -2.80. The molecule has 2 aromatic rings. The summed E-state index contributed by atoms with van der Waals surface area (Å²) in [7, 11) is -2.80. The number of alkyl halides is 1. The van der Waals surface area contributed by atoms with Crippen LogP contribution in [-0.2, 0) is 9.53 Å². The number of hydrogen-bond acceptors (Lipinski definition) is 5. The van der Waals surface area contributed by atoms with Crippen LogP contribution in [0.2, 0.25) is 5.02 Å². The molecule has 1 aromatic heterocycles. The van der Waals surface area contributed by atoms with Gasteiger partial charge in [0.25, 0.3) is 5.91 Å². The first kappa shape index (κ1) is 22.3. The van der Waals surface area contributed by atoms with Gasteiger partial charge in [-0.2, -0.15) is 0 Å². The molecular formula is C26H28ClF3N4O3. The maximum atomic E-state index is 15.3. The molecular weight excluding hydrogens is 509 g/mol. The summed E-state index contributed by atoms with van der Waals surface area (Å²) in [5, 5.41) is 5.14. The molecule has 1 unspecified atom stereocenters.